The van der Waals surface area contributed by atoms with Gasteiger partial charge in [-0.05, 0) is 26.0 Å². The molecule has 53 heavy (non-hydrogen) atoms. The molecule has 1 aromatic carbocycles. The molecule has 0 unspecified atom stereocenters. The van der Waals surface area contributed by atoms with Gasteiger partial charge in [-0.15, -0.1) is 11.8 Å². The molecule has 0 spiro atoms. The average Bonchev–Trinajstić information content (AvgIpc) is 3.75. The molecule has 3 aromatic rings. The molecule has 18 nitrogen and oxygen atoms in total. The standard InChI is InChI=1S/C30H32Cl2N10O8S2.Na/c1-30(2,28(48)49)50-37-19(20-23(32)52-29(33)34-20)17(44)10-15-26(47)41-21(24-35-38-39-36-24)13(12-51-27(15)41)11-42(3)8-6-40(7-9-42)25(46)14-4-5-16(43)22(45)18(14)31;/h4-5,15,27H,6-12H2,1-3H3,(H5-,33,34,35,36,37,38,39,43,44,45,46,48,49);/q;+1/p-1/t15-,27-;/m1./s1. The summed E-state index contributed by atoms with van der Waals surface area (Å²) in [6, 6.07) is 2.58. The summed E-state index contributed by atoms with van der Waals surface area (Å²) in [6.07, 6.45) is -0.323. The van der Waals surface area contributed by atoms with Gasteiger partial charge in [-0.25, -0.2) is 4.98 Å². The number of aromatic nitrogens is 5. The monoisotopic (exact) mass is 816 g/mol. The molecule has 0 radical (unpaired) electrons. The van der Waals surface area contributed by atoms with Gasteiger partial charge in [-0.2, -0.15) is 5.21 Å². The minimum absolute atomic E-state index is 0. The molecule has 23 heteroatoms. The number of phenols is 2. The first kappa shape index (κ1) is 40.7. The number of hydrogen-bond donors (Lipinski definition) is 3. The number of anilines is 1. The van der Waals surface area contributed by atoms with Crippen LogP contribution < -0.4 is 45.5 Å². The number of nitrogens with zero attached hydrogens (tertiary/aromatic N) is 9. The minimum atomic E-state index is -1.90. The molecule has 2 fully saturated rings. The summed E-state index contributed by atoms with van der Waals surface area (Å²) in [5, 5.41) is 49.7. The van der Waals surface area contributed by atoms with Gasteiger partial charge in [0, 0.05) is 17.7 Å². The van der Waals surface area contributed by atoms with E-state index in [1.165, 1.54) is 42.6 Å². The van der Waals surface area contributed by atoms with Crippen molar-refractivity contribution in [1.29, 1.82) is 0 Å². The molecular formula is C30H31Cl2N10NaO8S2. The smallest absolute Gasteiger partial charge is 0.546 e. The molecule has 3 aliphatic heterocycles. The number of carboxylic acid groups (broad SMARTS) is 1. The Labute approximate surface area is 342 Å². The molecule has 6 rings (SSSR count). The number of β-lactam (4-membered cyclic amide) rings is 1. The maximum absolute atomic E-state index is 13.8. The Bertz CT molecular complexity index is 2020. The van der Waals surface area contributed by atoms with Gasteiger partial charge in [0.1, 0.15) is 16.6 Å². The van der Waals surface area contributed by atoms with Crippen LogP contribution in [-0.2, 0) is 19.2 Å². The van der Waals surface area contributed by atoms with Crippen LogP contribution in [0, 0.1) is 5.92 Å². The van der Waals surface area contributed by atoms with Gasteiger partial charge in [-0.3, -0.25) is 29.6 Å². The van der Waals surface area contributed by atoms with Crippen molar-refractivity contribution in [2.45, 2.75) is 31.2 Å². The van der Waals surface area contributed by atoms with Gasteiger partial charge in [0.2, 0.25) is 5.91 Å². The summed E-state index contributed by atoms with van der Waals surface area (Å²) in [7, 11) is 2.03. The Balaban J connectivity index is 0.00000541. The van der Waals surface area contributed by atoms with Gasteiger partial charge in [-0.1, -0.05) is 39.7 Å². The number of thioether (sulfide) groups is 1. The number of halogens is 2. The Morgan fingerprint density at radius 1 is 1.23 bits per heavy atom. The normalized spacial score (nSPS) is 20.0. The number of nitrogens with two attached hydrogens (primary N) is 1. The third-order valence-electron chi connectivity index (χ3n) is 9.05. The van der Waals surface area contributed by atoms with Crippen LogP contribution in [0.2, 0.25) is 9.36 Å². The van der Waals surface area contributed by atoms with Crippen molar-refractivity contribution in [2.24, 2.45) is 11.1 Å². The van der Waals surface area contributed by atoms with Gasteiger partial charge in [0.25, 0.3) is 5.91 Å². The zero-order valence-electron chi connectivity index (χ0n) is 28.8. The van der Waals surface area contributed by atoms with Crippen molar-refractivity contribution in [1.82, 2.24) is 35.4 Å². The molecule has 4 N–H and O–H groups in total. The fourth-order valence-electron chi connectivity index (χ4n) is 6.03. The Hall–Kier alpha value is -3.50. The molecule has 2 aromatic heterocycles. The summed E-state index contributed by atoms with van der Waals surface area (Å²) in [4.78, 5) is 64.7. The molecule has 3 aliphatic rings. The number of phenolic OH excluding ortho intramolecular Hbond substituents is 2. The summed E-state index contributed by atoms with van der Waals surface area (Å²) < 4.78 is 0.537. The Morgan fingerprint density at radius 3 is 2.53 bits per heavy atom. The van der Waals surface area contributed by atoms with E-state index in [0.29, 0.717) is 48.7 Å². The van der Waals surface area contributed by atoms with Crippen LogP contribution in [0.5, 0.6) is 11.5 Å². The number of tetrazole rings is 1. The van der Waals surface area contributed by atoms with Crippen LogP contribution in [-0.4, -0.2) is 131 Å². The van der Waals surface area contributed by atoms with Crippen LogP contribution in [0.15, 0.2) is 22.9 Å². The SMILES string of the molecule is CC(C)(O/N=C(\C(=O)C[C@@H]1C(=O)N2C(c3nnn[n-]3)=C(C[N+]3(C)CCN(C(=O)c4ccc(O)c(O)c4Cl)CC3)CS[C@H]12)c1nc(N)sc1Cl)C(=O)[O-].[Na+]. The fourth-order valence-corrected chi connectivity index (χ4v) is 8.61. The maximum atomic E-state index is 13.8. The van der Waals surface area contributed by atoms with Crippen molar-refractivity contribution in [3.8, 4) is 11.5 Å². The van der Waals surface area contributed by atoms with E-state index in [9.17, 15) is 34.5 Å². The number of aliphatic carboxylic acids is 1. The predicted molar refractivity (Wildman–Crippen MR) is 186 cm³/mol. The average molecular weight is 818 g/mol. The number of piperazine rings is 1. The number of carbonyl (C=O) groups excluding carboxylic acids is 4. The molecule has 2 saturated heterocycles. The van der Waals surface area contributed by atoms with E-state index >= 15 is 0 Å². The number of thiazole rings is 1. The quantitative estimate of drug-likeness (QED) is 0.0446. The van der Waals surface area contributed by atoms with E-state index in [1.807, 2.05) is 7.05 Å². The van der Waals surface area contributed by atoms with Crippen molar-refractivity contribution in [2.75, 3.05) is 51.3 Å². The minimum Gasteiger partial charge on any atom is -0.546 e. The van der Waals surface area contributed by atoms with Gasteiger partial charge in [0.15, 0.2) is 33.7 Å². The number of fused-ring (bicyclic) bond motifs is 1. The first-order valence-electron chi connectivity index (χ1n) is 15.6. The summed E-state index contributed by atoms with van der Waals surface area (Å²) in [5.41, 5.74) is 4.79. The van der Waals surface area contributed by atoms with Crippen molar-refractivity contribution in [3.63, 3.8) is 0 Å². The fraction of sp³-hybridized carbons (Fsp3) is 0.433. The van der Waals surface area contributed by atoms with E-state index in [1.54, 1.807) is 4.90 Å². The predicted octanol–water partition coefficient (Wildman–Crippen LogP) is -2.66. The number of oxime groups is 1. The number of benzene rings is 1. The van der Waals surface area contributed by atoms with Crippen LogP contribution in [0.25, 0.3) is 5.70 Å². The topological polar surface area (TPSA) is 252 Å². The largest absolute Gasteiger partial charge is 1.00 e. The second-order valence-corrected chi connectivity index (χ2v) is 16.2. The number of nitrogen functional groups attached to an aromatic ring is 1. The van der Waals surface area contributed by atoms with Crippen molar-refractivity contribution >= 4 is 86.4 Å². The zero-order chi connectivity index (χ0) is 37.7. The molecule has 0 bridgehead atoms. The molecule has 2 atom stereocenters. The number of aromatic hydroxyl groups is 2. The molecule has 276 valence electrons. The molecule has 0 aliphatic carbocycles. The second-order valence-electron chi connectivity index (χ2n) is 13.1. The number of ketones is 1. The number of carboxylic acids is 1. The number of quaternary nitrogens is 1. The summed E-state index contributed by atoms with van der Waals surface area (Å²) in [5.74, 6) is -4.16. The van der Waals surface area contributed by atoms with Crippen molar-refractivity contribution < 1.29 is 73.4 Å². The van der Waals surface area contributed by atoms with Gasteiger partial charge in [0.05, 0.1) is 72.6 Å². The first-order valence-corrected chi connectivity index (χ1v) is 18.3. The maximum Gasteiger partial charge on any atom is 1.00 e. The van der Waals surface area contributed by atoms with E-state index in [-0.39, 0.29) is 85.1 Å². The Morgan fingerprint density at radius 2 is 1.92 bits per heavy atom. The third kappa shape index (κ3) is 8.00. The number of Topliss-reactive ketones (excluding diaryl/α,β-unsaturated/α-hetero) is 1. The zero-order valence-corrected chi connectivity index (χ0v) is 33.9. The number of rotatable bonds is 11. The van der Waals surface area contributed by atoms with E-state index in [2.05, 4.69) is 30.8 Å². The summed E-state index contributed by atoms with van der Waals surface area (Å²) >= 11 is 14.8. The number of amides is 2. The summed E-state index contributed by atoms with van der Waals surface area (Å²) in [6.45, 7) is 4.70. The first-order chi connectivity index (χ1) is 24.5. The van der Waals surface area contributed by atoms with Crippen LogP contribution >= 0.6 is 46.3 Å². The van der Waals surface area contributed by atoms with Crippen LogP contribution in [0.4, 0.5) is 5.13 Å². The van der Waals surface area contributed by atoms with E-state index in [4.69, 9.17) is 33.8 Å². The van der Waals surface area contributed by atoms with Crippen LogP contribution in [0.3, 0.4) is 0 Å². The second kappa shape index (κ2) is 15.7. The third-order valence-corrected chi connectivity index (χ3v) is 11.9. The number of hydrogen-bond acceptors (Lipinski definition) is 16. The molecule has 0 saturated carbocycles. The number of likely N-dealkylation sites (N-methyl/N-ethyl adjacent to an activating group) is 1. The van der Waals surface area contributed by atoms with Crippen molar-refractivity contribution in [3.05, 3.63) is 44.1 Å². The molecular weight excluding hydrogens is 786 g/mol. The molecule has 2 amide bonds. The van der Waals surface area contributed by atoms with E-state index in [0.717, 1.165) is 16.9 Å². The van der Waals surface area contributed by atoms with Gasteiger partial charge >= 0.3 is 29.6 Å². The van der Waals surface area contributed by atoms with E-state index < -0.39 is 40.1 Å². The van der Waals surface area contributed by atoms with Crippen LogP contribution in [0.1, 0.15) is 42.1 Å². The Kier molecular flexibility index (Phi) is 12.0. The van der Waals surface area contributed by atoms with Gasteiger partial charge < -0.3 is 45.2 Å². The molecule has 5 heterocycles. The number of carbonyl (C=O) groups is 4.